The van der Waals surface area contributed by atoms with Crippen LogP contribution in [-0.2, 0) is 0 Å². The summed E-state index contributed by atoms with van der Waals surface area (Å²) >= 11 is 0. The van der Waals surface area contributed by atoms with Crippen LogP contribution < -0.4 is 0 Å². The first-order chi connectivity index (χ1) is 15.1. The normalized spacial score (nSPS) is 17.0. The number of rotatable bonds is 11. The van der Waals surface area contributed by atoms with Crippen molar-refractivity contribution in [2.45, 2.75) is 65.3 Å². The Morgan fingerprint density at radius 1 is 0.306 bits per heavy atom. The molecule has 0 saturated carbocycles. The molecule has 0 rings (SSSR count). The van der Waals surface area contributed by atoms with Gasteiger partial charge in [-0.05, 0) is 0 Å². The van der Waals surface area contributed by atoms with Gasteiger partial charge in [-0.1, -0.05) is 0 Å². The Morgan fingerprint density at radius 3 is 0.639 bits per heavy atom. The van der Waals surface area contributed by atoms with E-state index in [2.05, 4.69) is 0 Å². The van der Waals surface area contributed by atoms with Crippen LogP contribution in [0.5, 0.6) is 0 Å². The van der Waals surface area contributed by atoms with E-state index in [1.54, 1.807) is 0 Å². The Hall–Kier alpha value is -1.62. The van der Waals surface area contributed by atoms with Crippen molar-refractivity contribution in [2.24, 2.45) is 0 Å². The lowest BCUT2D eigenvalue weighted by Gasteiger charge is -2.45. The molecule has 0 spiro atoms. The molecule has 0 heterocycles. The third kappa shape index (κ3) is 3.82. The van der Waals surface area contributed by atoms with E-state index in [-0.39, 0.29) is 0 Å². The van der Waals surface area contributed by atoms with Crippen LogP contribution in [0.4, 0.5) is 96.6 Å². The standard InChI is InChI=1S/C12H4F22O2/c13-2(14,1-35)3(15,16)4(17,18)5(19,20)6(21,22)7(23,24)8(25,26)9(27,28)10(29,30)11(31,32)12(33,34)36/h35-36H,1H2. The summed E-state index contributed by atoms with van der Waals surface area (Å²) in [6, 6.07) is 0. The summed E-state index contributed by atoms with van der Waals surface area (Å²) in [5.74, 6) is -87.4. The molecule has 0 aliphatic rings. The van der Waals surface area contributed by atoms with Crippen LogP contribution in [0.25, 0.3) is 0 Å². The van der Waals surface area contributed by atoms with Gasteiger partial charge in [-0.15, -0.1) is 0 Å². The molecule has 0 aromatic rings. The minimum atomic E-state index is -9.37. The maximum absolute atomic E-state index is 13.4. The third-order valence-electron chi connectivity index (χ3n) is 4.19. The van der Waals surface area contributed by atoms with Crippen LogP contribution in [0.2, 0.25) is 0 Å². The van der Waals surface area contributed by atoms with Crippen LogP contribution in [0.3, 0.4) is 0 Å². The van der Waals surface area contributed by atoms with Crippen LogP contribution in [0.1, 0.15) is 0 Å². The molecule has 36 heavy (non-hydrogen) atoms. The van der Waals surface area contributed by atoms with Crippen LogP contribution >= 0.6 is 0 Å². The van der Waals surface area contributed by atoms with E-state index in [1.165, 1.54) is 0 Å². The Balaban J connectivity index is 7.18. The lowest BCUT2D eigenvalue weighted by atomic mass is 9.85. The molecule has 218 valence electrons. The molecule has 0 fully saturated rings. The average molecular weight is 598 g/mol. The molecular formula is C12H4F22O2. The second kappa shape index (κ2) is 8.19. The largest absolute Gasteiger partial charge is 0.423 e. The van der Waals surface area contributed by atoms with E-state index in [4.69, 9.17) is 10.2 Å². The number of alkyl halides is 22. The zero-order valence-electron chi connectivity index (χ0n) is 15.4. The summed E-state index contributed by atoms with van der Waals surface area (Å²) in [6.07, 6.45) is -7.59. The lowest BCUT2D eigenvalue weighted by molar-refractivity contribution is -0.482. The predicted molar refractivity (Wildman–Crippen MR) is 63.7 cm³/mol. The molecule has 0 saturated heterocycles. The van der Waals surface area contributed by atoms with Gasteiger partial charge in [0.15, 0.2) is 0 Å². The molecule has 0 aliphatic carbocycles. The highest BCUT2D eigenvalue weighted by Crippen LogP contribution is 2.66. The van der Waals surface area contributed by atoms with Crippen LogP contribution in [-0.4, -0.2) is 82.2 Å². The van der Waals surface area contributed by atoms with Gasteiger partial charge in [-0.3, -0.25) is 0 Å². The molecule has 0 aliphatic heterocycles. The Labute approximate surface area is 180 Å². The number of aliphatic hydroxyl groups excluding tert-OH is 1. The van der Waals surface area contributed by atoms with Crippen molar-refractivity contribution in [3.05, 3.63) is 0 Å². The summed E-state index contributed by atoms with van der Waals surface area (Å²) in [6.45, 7) is -3.68. The highest BCUT2D eigenvalue weighted by molar-refractivity contribution is 5.18. The van der Waals surface area contributed by atoms with Gasteiger partial charge >= 0.3 is 65.3 Å². The highest BCUT2D eigenvalue weighted by atomic mass is 19.4. The monoisotopic (exact) mass is 598 g/mol. The smallest absolute Gasteiger partial charge is 0.390 e. The van der Waals surface area contributed by atoms with Gasteiger partial charge in [0, 0.05) is 0 Å². The lowest BCUT2D eigenvalue weighted by Crippen LogP contribution is -2.77. The van der Waals surface area contributed by atoms with Crippen molar-refractivity contribution in [1.29, 1.82) is 0 Å². The predicted octanol–water partition coefficient (Wildman–Crippen LogP) is 5.92. The van der Waals surface area contributed by atoms with Crippen LogP contribution in [0.15, 0.2) is 0 Å². The van der Waals surface area contributed by atoms with Crippen molar-refractivity contribution < 1.29 is 107 Å². The zero-order valence-corrected chi connectivity index (χ0v) is 15.4. The maximum atomic E-state index is 13.4. The fraction of sp³-hybridized carbons (Fsp3) is 1.00. The summed E-state index contributed by atoms with van der Waals surface area (Å²) in [7, 11) is 0. The van der Waals surface area contributed by atoms with Gasteiger partial charge in [0.1, 0.15) is 6.61 Å². The fourth-order valence-corrected chi connectivity index (χ4v) is 1.90. The first-order valence-electron chi connectivity index (χ1n) is 7.55. The van der Waals surface area contributed by atoms with Crippen molar-refractivity contribution in [1.82, 2.24) is 0 Å². The summed E-state index contributed by atoms with van der Waals surface area (Å²) in [5, 5.41) is 15.2. The van der Waals surface area contributed by atoms with Gasteiger partial charge in [-0.25, -0.2) is 0 Å². The van der Waals surface area contributed by atoms with E-state index >= 15 is 0 Å². The van der Waals surface area contributed by atoms with E-state index in [9.17, 15) is 96.6 Å². The van der Waals surface area contributed by atoms with E-state index in [1.807, 2.05) is 0 Å². The minimum Gasteiger partial charge on any atom is -0.390 e. The van der Waals surface area contributed by atoms with Crippen molar-refractivity contribution in [3.8, 4) is 0 Å². The summed E-state index contributed by atoms with van der Waals surface area (Å²) in [5.41, 5.74) is 0. The Bertz CT molecular complexity index is 806. The van der Waals surface area contributed by atoms with Crippen molar-refractivity contribution in [3.63, 3.8) is 0 Å². The van der Waals surface area contributed by atoms with Crippen LogP contribution in [0, 0.1) is 0 Å². The first kappa shape index (κ1) is 34.4. The van der Waals surface area contributed by atoms with Crippen molar-refractivity contribution >= 4 is 0 Å². The quantitative estimate of drug-likeness (QED) is 0.291. The molecule has 24 heteroatoms. The maximum Gasteiger partial charge on any atom is 0.423 e. The molecule has 0 aromatic carbocycles. The molecule has 0 atom stereocenters. The number of hydrogen-bond donors (Lipinski definition) is 2. The highest BCUT2D eigenvalue weighted by Gasteiger charge is 2.98. The van der Waals surface area contributed by atoms with Gasteiger partial charge in [0.2, 0.25) is 0 Å². The molecule has 0 aromatic heterocycles. The van der Waals surface area contributed by atoms with E-state index in [0.29, 0.717) is 0 Å². The SMILES string of the molecule is OCC(F)(F)C(F)(F)C(F)(F)C(F)(F)C(F)(F)C(F)(F)C(F)(F)C(F)(F)C(F)(F)C(F)(F)C(O)(F)F. The van der Waals surface area contributed by atoms with Gasteiger partial charge in [-0.2, -0.15) is 96.6 Å². The molecule has 2 nitrogen and oxygen atoms in total. The molecule has 0 amide bonds. The van der Waals surface area contributed by atoms with Gasteiger partial charge in [0.05, 0.1) is 0 Å². The molecule has 2 N–H and O–H groups in total. The average Bonchev–Trinajstić information content (AvgIpc) is 2.65. The Kier molecular flexibility index (Phi) is 7.82. The topological polar surface area (TPSA) is 40.5 Å². The Morgan fingerprint density at radius 2 is 0.472 bits per heavy atom. The van der Waals surface area contributed by atoms with Gasteiger partial charge < -0.3 is 10.2 Å². The second-order valence-electron chi connectivity index (χ2n) is 6.57. The third-order valence-corrected chi connectivity index (χ3v) is 4.19. The number of aliphatic hydroxyl groups is 2. The second-order valence-corrected chi connectivity index (χ2v) is 6.57. The number of halogens is 22. The molecule has 0 radical (unpaired) electrons. The summed E-state index contributed by atoms with van der Waals surface area (Å²) < 4.78 is 287. The number of hydrogen-bond acceptors (Lipinski definition) is 2. The fourth-order valence-electron chi connectivity index (χ4n) is 1.90. The summed E-state index contributed by atoms with van der Waals surface area (Å²) in [4.78, 5) is 0. The first-order valence-corrected chi connectivity index (χ1v) is 7.55. The minimum absolute atomic E-state index is 3.68. The van der Waals surface area contributed by atoms with E-state index in [0.717, 1.165) is 0 Å². The molecule has 0 unspecified atom stereocenters. The molecular weight excluding hydrogens is 594 g/mol. The van der Waals surface area contributed by atoms with Gasteiger partial charge in [0.25, 0.3) is 0 Å². The van der Waals surface area contributed by atoms with E-state index < -0.39 is 71.9 Å². The van der Waals surface area contributed by atoms with Crippen molar-refractivity contribution in [2.75, 3.05) is 6.61 Å². The zero-order chi connectivity index (χ0) is 30.2. The molecule has 0 bridgehead atoms.